The minimum absolute atomic E-state index is 0.0483. The summed E-state index contributed by atoms with van der Waals surface area (Å²) >= 11 is 0. The van der Waals surface area contributed by atoms with Crippen LogP contribution < -0.4 is 0 Å². The molecule has 2 saturated heterocycles. The average molecular weight is 294 g/mol. The number of amides is 1. The minimum Gasteiger partial charge on any atom is -0.381 e. The molecular formula is C13H21F3N2O2. The highest BCUT2D eigenvalue weighted by Gasteiger charge is 2.33. The Morgan fingerprint density at radius 3 is 2.45 bits per heavy atom. The third-order valence-electron chi connectivity index (χ3n) is 3.85. The van der Waals surface area contributed by atoms with E-state index in [1.165, 1.54) is 4.90 Å². The SMILES string of the molecule is O=C(C[C@@H]1CCCOC1)N1CCN(CC(F)(F)F)CC1. The standard InChI is InChI=1S/C13H21F3N2O2/c14-13(15,16)10-17-3-5-18(6-4-17)12(19)8-11-2-1-7-20-9-11/h11H,1-10H2/t11-/m0/s1. The molecule has 2 aliphatic rings. The fourth-order valence-electron chi connectivity index (χ4n) is 2.75. The van der Waals surface area contributed by atoms with Crippen LogP contribution in [0.5, 0.6) is 0 Å². The van der Waals surface area contributed by atoms with Gasteiger partial charge in [-0.3, -0.25) is 9.69 Å². The van der Waals surface area contributed by atoms with E-state index in [-0.39, 0.29) is 11.8 Å². The lowest BCUT2D eigenvalue weighted by molar-refractivity contribution is -0.152. The summed E-state index contributed by atoms with van der Waals surface area (Å²) in [5, 5.41) is 0. The molecule has 0 aliphatic carbocycles. The molecule has 0 aromatic heterocycles. The monoisotopic (exact) mass is 294 g/mol. The Labute approximate surface area is 116 Å². The van der Waals surface area contributed by atoms with Crippen LogP contribution >= 0.6 is 0 Å². The second-order valence-electron chi connectivity index (χ2n) is 5.56. The molecule has 2 fully saturated rings. The summed E-state index contributed by atoms with van der Waals surface area (Å²) in [7, 11) is 0. The number of alkyl halides is 3. The third kappa shape index (κ3) is 4.94. The minimum atomic E-state index is -4.16. The number of nitrogens with zero attached hydrogens (tertiary/aromatic N) is 2. The second kappa shape index (κ2) is 6.76. The molecule has 0 unspecified atom stereocenters. The third-order valence-corrected chi connectivity index (χ3v) is 3.85. The predicted octanol–water partition coefficient (Wildman–Crippen LogP) is 1.51. The van der Waals surface area contributed by atoms with Gasteiger partial charge in [0.15, 0.2) is 0 Å². The smallest absolute Gasteiger partial charge is 0.381 e. The number of carbonyl (C=O) groups is 1. The van der Waals surface area contributed by atoms with E-state index in [0.29, 0.717) is 39.2 Å². The zero-order valence-electron chi connectivity index (χ0n) is 11.5. The molecule has 20 heavy (non-hydrogen) atoms. The molecule has 1 amide bonds. The molecule has 0 saturated carbocycles. The Morgan fingerprint density at radius 1 is 1.20 bits per heavy atom. The Kier molecular flexibility index (Phi) is 5.26. The van der Waals surface area contributed by atoms with Gasteiger partial charge in [-0.05, 0) is 18.8 Å². The summed E-state index contributed by atoms with van der Waals surface area (Å²) < 4.78 is 42.1. The molecule has 116 valence electrons. The summed E-state index contributed by atoms with van der Waals surface area (Å²) in [5.41, 5.74) is 0. The van der Waals surface area contributed by atoms with Crippen molar-refractivity contribution in [3.63, 3.8) is 0 Å². The Bertz CT molecular complexity index is 322. The summed E-state index contributed by atoms with van der Waals surface area (Å²) in [6, 6.07) is 0. The maximum atomic E-state index is 12.3. The van der Waals surface area contributed by atoms with Gasteiger partial charge >= 0.3 is 6.18 Å². The van der Waals surface area contributed by atoms with E-state index in [1.54, 1.807) is 4.90 Å². The zero-order chi connectivity index (χ0) is 14.6. The quantitative estimate of drug-likeness (QED) is 0.791. The van der Waals surface area contributed by atoms with Gasteiger partial charge in [-0.25, -0.2) is 0 Å². The Morgan fingerprint density at radius 2 is 1.90 bits per heavy atom. The number of rotatable bonds is 3. The van der Waals surface area contributed by atoms with Crippen LogP contribution in [0.1, 0.15) is 19.3 Å². The van der Waals surface area contributed by atoms with E-state index < -0.39 is 12.7 Å². The van der Waals surface area contributed by atoms with Crippen molar-refractivity contribution < 1.29 is 22.7 Å². The van der Waals surface area contributed by atoms with Crippen LogP contribution in [0.25, 0.3) is 0 Å². The lowest BCUT2D eigenvalue weighted by Crippen LogP contribution is -2.51. The molecule has 0 N–H and O–H groups in total. The van der Waals surface area contributed by atoms with Gasteiger partial charge < -0.3 is 9.64 Å². The molecule has 1 atom stereocenters. The first-order valence-electron chi connectivity index (χ1n) is 7.09. The van der Waals surface area contributed by atoms with Crippen molar-refractivity contribution in [1.29, 1.82) is 0 Å². The van der Waals surface area contributed by atoms with Crippen LogP contribution in [0.3, 0.4) is 0 Å². The average Bonchev–Trinajstić information content (AvgIpc) is 2.39. The summed E-state index contributed by atoms with van der Waals surface area (Å²) in [4.78, 5) is 15.1. The molecule has 2 rings (SSSR count). The predicted molar refractivity (Wildman–Crippen MR) is 67.2 cm³/mol. The van der Waals surface area contributed by atoms with Gasteiger partial charge in [-0.1, -0.05) is 0 Å². The van der Waals surface area contributed by atoms with Gasteiger partial charge in [0.25, 0.3) is 0 Å². The number of hydrogen-bond donors (Lipinski definition) is 0. The largest absolute Gasteiger partial charge is 0.401 e. The molecule has 2 aliphatic heterocycles. The summed E-state index contributed by atoms with van der Waals surface area (Å²) in [5.74, 6) is 0.316. The summed E-state index contributed by atoms with van der Waals surface area (Å²) in [6.07, 6.45) is -1.72. The van der Waals surface area contributed by atoms with Crippen LogP contribution in [0, 0.1) is 5.92 Å². The van der Waals surface area contributed by atoms with Crippen molar-refractivity contribution >= 4 is 5.91 Å². The van der Waals surface area contributed by atoms with Crippen molar-refractivity contribution in [3.8, 4) is 0 Å². The second-order valence-corrected chi connectivity index (χ2v) is 5.56. The van der Waals surface area contributed by atoms with E-state index in [1.807, 2.05) is 0 Å². The first-order valence-corrected chi connectivity index (χ1v) is 7.09. The van der Waals surface area contributed by atoms with Gasteiger partial charge in [0, 0.05) is 45.8 Å². The molecular weight excluding hydrogens is 273 g/mol. The van der Waals surface area contributed by atoms with Crippen molar-refractivity contribution in [3.05, 3.63) is 0 Å². The lowest BCUT2D eigenvalue weighted by Gasteiger charge is -2.35. The van der Waals surface area contributed by atoms with E-state index in [2.05, 4.69) is 0 Å². The van der Waals surface area contributed by atoms with Crippen LogP contribution in [-0.4, -0.2) is 67.8 Å². The van der Waals surface area contributed by atoms with E-state index in [0.717, 1.165) is 19.4 Å². The molecule has 0 bridgehead atoms. The van der Waals surface area contributed by atoms with Crippen LogP contribution in [0.4, 0.5) is 13.2 Å². The van der Waals surface area contributed by atoms with E-state index in [4.69, 9.17) is 4.74 Å². The highest BCUT2D eigenvalue weighted by molar-refractivity contribution is 5.76. The molecule has 2 heterocycles. The molecule has 0 spiro atoms. The number of ether oxygens (including phenoxy) is 1. The zero-order valence-corrected chi connectivity index (χ0v) is 11.5. The highest BCUT2D eigenvalue weighted by atomic mass is 19.4. The lowest BCUT2D eigenvalue weighted by atomic mass is 9.98. The van der Waals surface area contributed by atoms with Gasteiger partial charge in [-0.2, -0.15) is 13.2 Å². The normalized spacial score (nSPS) is 25.8. The van der Waals surface area contributed by atoms with Crippen molar-refractivity contribution in [2.45, 2.75) is 25.4 Å². The summed E-state index contributed by atoms with van der Waals surface area (Å²) in [6.45, 7) is 1.88. The van der Waals surface area contributed by atoms with E-state index >= 15 is 0 Å². The molecule has 7 heteroatoms. The number of carbonyl (C=O) groups excluding carboxylic acids is 1. The van der Waals surface area contributed by atoms with Crippen LogP contribution in [0.15, 0.2) is 0 Å². The Hall–Kier alpha value is -0.820. The number of halogens is 3. The van der Waals surface area contributed by atoms with E-state index in [9.17, 15) is 18.0 Å². The van der Waals surface area contributed by atoms with Crippen molar-refractivity contribution in [1.82, 2.24) is 9.80 Å². The first-order chi connectivity index (χ1) is 9.44. The number of hydrogen-bond acceptors (Lipinski definition) is 3. The molecule has 0 radical (unpaired) electrons. The van der Waals surface area contributed by atoms with Gasteiger partial charge in [0.1, 0.15) is 0 Å². The topological polar surface area (TPSA) is 32.8 Å². The van der Waals surface area contributed by atoms with Crippen molar-refractivity contribution in [2.75, 3.05) is 45.9 Å². The van der Waals surface area contributed by atoms with Crippen molar-refractivity contribution in [2.24, 2.45) is 5.92 Å². The molecule has 0 aromatic rings. The van der Waals surface area contributed by atoms with Gasteiger partial charge in [0.05, 0.1) is 6.54 Å². The van der Waals surface area contributed by atoms with Gasteiger partial charge in [0.2, 0.25) is 5.91 Å². The highest BCUT2D eigenvalue weighted by Crippen LogP contribution is 2.20. The molecule has 0 aromatic carbocycles. The number of piperazine rings is 1. The first kappa shape index (κ1) is 15.6. The van der Waals surface area contributed by atoms with Crippen LogP contribution in [0.2, 0.25) is 0 Å². The van der Waals surface area contributed by atoms with Crippen LogP contribution in [-0.2, 0) is 9.53 Å². The maximum absolute atomic E-state index is 12.3. The maximum Gasteiger partial charge on any atom is 0.401 e. The van der Waals surface area contributed by atoms with Gasteiger partial charge in [-0.15, -0.1) is 0 Å². The fourth-order valence-corrected chi connectivity index (χ4v) is 2.75. The molecule has 4 nitrogen and oxygen atoms in total. The Balaban J connectivity index is 1.71. The fraction of sp³-hybridized carbons (Fsp3) is 0.923.